The summed E-state index contributed by atoms with van der Waals surface area (Å²) >= 11 is 0. The van der Waals surface area contributed by atoms with Gasteiger partial charge >= 0.3 is 0 Å². The summed E-state index contributed by atoms with van der Waals surface area (Å²) in [7, 11) is 0. The van der Waals surface area contributed by atoms with Gasteiger partial charge in [0.1, 0.15) is 0 Å². The largest absolute Gasteiger partial charge is 0.342 e. The number of hydrogen-bond acceptors (Lipinski definition) is 5. The molecule has 1 N–H and O–H groups in total. The number of aromatic nitrogens is 4. The fraction of sp³-hybridized carbons (Fsp3) is 0.667. The highest BCUT2D eigenvalue weighted by molar-refractivity contribution is 5.31. The van der Waals surface area contributed by atoms with Crippen molar-refractivity contribution in [3.05, 3.63) is 39.6 Å². The molecule has 152 valence electrons. The summed E-state index contributed by atoms with van der Waals surface area (Å²) in [5.41, 5.74) is 3.35. The van der Waals surface area contributed by atoms with Crippen LogP contribution in [0.25, 0.3) is 0 Å². The van der Waals surface area contributed by atoms with Crippen LogP contribution in [-0.2, 0) is 13.1 Å². The van der Waals surface area contributed by atoms with Gasteiger partial charge in [0.05, 0.1) is 11.4 Å². The number of nitrogens with one attached hydrogen (secondary N) is 1. The summed E-state index contributed by atoms with van der Waals surface area (Å²) in [4.78, 5) is 24.9. The van der Waals surface area contributed by atoms with Crippen LogP contribution in [0.15, 0.2) is 17.1 Å². The summed E-state index contributed by atoms with van der Waals surface area (Å²) < 4.78 is 2.01. The molecule has 1 atom stereocenters. The number of hydrogen-bond donors (Lipinski definition) is 1. The van der Waals surface area contributed by atoms with Gasteiger partial charge < -0.3 is 4.90 Å². The highest BCUT2D eigenvalue weighted by atomic mass is 16.1. The summed E-state index contributed by atoms with van der Waals surface area (Å²) in [6, 6.07) is 1.71. The Balaban J connectivity index is 1.48. The van der Waals surface area contributed by atoms with Gasteiger partial charge in [-0.15, -0.1) is 0 Å². The van der Waals surface area contributed by atoms with Crippen molar-refractivity contribution in [1.29, 1.82) is 0 Å². The van der Waals surface area contributed by atoms with E-state index in [0.717, 1.165) is 69.4 Å². The van der Waals surface area contributed by atoms with Gasteiger partial charge in [-0.05, 0) is 52.5 Å². The minimum absolute atomic E-state index is 0.0252. The third-order valence-corrected chi connectivity index (χ3v) is 6.09. The molecule has 28 heavy (non-hydrogen) atoms. The molecule has 2 aliphatic rings. The SMILES string of the molecule is CCn1cc(CN2CCC[C@@H](c3cc(=O)[nH]c(N4CCCCC4)n3)C2)c(C)n1. The number of nitrogens with zero attached hydrogens (tertiary/aromatic N) is 5. The summed E-state index contributed by atoms with van der Waals surface area (Å²) in [6.07, 6.45) is 8.02. The number of aromatic amines is 1. The molecule has 0 aromatic carbocycles. The van der Waals surface area contributed by atoms with Gasteiger partial charge in [-0.25, -0.2) is 4.98 Å². The number of anilines is 1. The Morgan fingerprint density at radius 1 is 1.18 bits per heavy atom. The molecule has 0 unspecified atom stereocenters. The van der Waals surface area contributed by atoms with E-state index in [0.29, 0.717) is 5.92 Å². The molecule has 0 saturated carbocycles. The lowest BCUT2D eigenvalue weighted by molar-refractivity contribution is 0.198. The number of likely N-dealkylation sites (tertiary alicyclic amines) is 1. The third-order valence-electron chi connectivity index (χ3n) is 6.09. The first kappa shape index (κ1) is 19.2. The molecule has 2 aromatic rings. The minimum atomic E-state index is -0.0252. The van der Waals surface area contributed by atoms with Crippen molar-refractivity contribution in [2.45, 2.75) is 65.0 Å². The Hall–Kier alpha value is -2.15. The van der Waals surface area contributed by atoms with Crippen molar-refractivity contribution in [2.75, 3.05) is 31.1 Å². The summed E-state index contributed by atoms with van der Waals surface area (Å²) in [6.45, 7) is 10.1. The Bertz CT molecular complexity index is 851. The van der Waals surface area contributed by atoms with Crippen LogP contribution in [-0.4, -0.2) is 50.8 Å². The fourth-order valence-corrected chi connectivity index (χ4v) is 4.49. The summed E-state index contributed by atoms with van der Waals surface area (Å²) in [5, 5.41) is 4.57. The average molecular weight is 385 g/mol. The topological polar surface area (TPSA) is 70.1 Å². The predicted molar refractivity (Wildman–Crippen MR) is 111 cm³/mol. The van der Waals surface area contributed by atoms with E-state index in [9.17, 15) is 4.79 Å². The first-order valence-corrected chi connectivity index (χ1v) is 10.7. The second-order valence-electron chi connectivity index (χ2n) is 8.21. The molecular formula is C21H32N6O. The van der Waals surface area contributed by atoms with Crippen molar-refractivity contribution in [1.82, 2.24) is 24.6 Å². The van der Waals surface area contributed by atoms with Gasteiger partial charge in [0.2, 0.25) is 5.95 Å². The lowest BCUT2D eigenvalue weighted by Crippen LogP contribution is -2.36. The molecule has 2 aromatic heterocycles. The maximum Gasteiger partial charge on any atom is 0.252 e. The quantitative estimate of drug-likeness (QED) is 0.858. The molecule has 2 fully saturated rings. The van der Waals surface area contributed by atoms with E-state index >= 15 is 0 Å². The molecular weight excluding hydrogens is 352 g/mol. The maximum atomic E-state index is 12.3. The molecule has 2 aliphatic heterocycles. The Morgan fingerprint density at radius 3 is 2.75 bits per heavy atom. The predicted octanol–water partition coefficient (Wildman–Crippen LogP) is 2.66. The van der Waals surface area contributed by atoms with E-state index < -0.39 is 0 Å². The molecule has 4 heterocycles. The van der Waals surface area contributed by atoms with Gasteiger partial charge in [-0.3, -0.25) is 19.4 Å². The zero-order valence-electron chi connectivity index (χ0n) is 17.2. The maximum absolute atomic E-state index is 12.3. The van der Waals surface area contributed by atoms with E-state index in [-0.39, 0.29) is 5.56 Å². The molecule has 2 saturated heterocycles. The number of H-pyrrole nitrogens is 1. The number of rotatable bonds is 5. The van der Waals surface area contributed by atoms with Crippen LogP contribution in [0, 0.1) is 6.92 Å². The standard InChI is InChI=1S/C21H32N6O/c1-3-27-15-18(16(2)24-27)14-25-9-7-8-17(13-25)19-12-20(28)23-21(22-19)26-10-5-4-6-11-26/h12,15,17H,3-11,13-14H2,1-2H3,(H,22,23,28)/t17-/m1/s1. The van der Waals surface area contributed by atoms with Gasteiger partial charge in [-0.2, -0.15) is 5.10 Å². The second-order valence-corrected chi connectivity index (χ2v) is 8.21. The molecule has 0 spiro atoms. The second kappa shape index (κ2) is 8.47. The number of aryl methyl sites for hydroxylation is 2. The highest BCUT2D eigenvalue weighted by Crippen LogP contribution is 2.27. The van der Waals surface area contributed by atoms with Crippen molar-refractivity contribution in [3.8, 4) is 0 Å². The molecule has 7 nitrogen and oxygen atoms in total. The van der Waals surface area contributed by atoms with Crippen molar-refractivity contribution in [3.63, 3.8) is 0 Å². The smallest absolute Gasteiger partial charge is 0.252 e. The van der Waals surface area contributed by atoms with Crippen LogP contribution in [0.1, 0.15) is 61.9 Å². The van der Waals surface area contributed by atoms with Crippen molar-refractivity contribution >= 4 is 5.95 Å². The Kier molecular flexibility index (Phi) is 5.80. The van der Waals surface area contributed by atoms with Crippen LogP contribution in [0.2, 0.25) is 0 Å². The van der Waals surface area contributed by atoms with Gasteiger partial charge in [0.15, 0.2) is 0 Å². The lowest BCUT2D eigenvalue weighted by atomic mass is 9.94. The average Bonchev–Trinajstić information content (AvgIpc) is 3.08. The zero-order valence-corrected chi connectivity index (χ0v) is 17.2. The first-order chi connectivity index (χ1) is 13.6. The van der Waals surface area contributed by atoms with Crippen LogP contribution >= 0.6 is 0 Å². The van der Waals surface area contributed by atoms with Crippen LogP contribution < -0.4 is 10.5 Å². The molecule has 7 heteroatoms. The summed E-state index contributed by atoms with van der Waals surface area (Å²) in [5.74, 6) is 1.08. The third kappa shape index (κ3) is 4.29. The van der Waals surface area contributed by atoms with E-state index in [2.05, 4.69) is 39.9 Å². The van der Waals surface area contributed by atoms with Crippen LogP contribution in [0.5, 0.6) is 0 Å². The van der Waals surface area contributed by atoms with Gasteiger partial charge in [-0.1, -0.05) is 0 Å². The van der Waals surface area contributed by atoms with E-state index in [4.69, 9.17) is 4.98 Å². The van der Waals surface area contributed by atoms with E-state index in [1.165, 1.54) is 24.8 Å². The van der Waals surface area contributed by atoms with Crippen molar-refractivity contribution < 1.29 is 0 Å². The Morgan fingerprint density at radius 2 is 2.00 bits per heavy atom. The van der Waals surface area contributed by atoms with Crippen LogP contribution in [0.3, 0.4) is 0 Å². The molecule has 0 amide bonds. The molecule has 0 bridgehead atoms. The number of piperidine rings is 2. The fourth-order valence-electron chi connectivity index (χ4n) is 4.49. The zero-order chi connectivity index (χ0) is 19.5. The minimum Gasteiger partial charge on any atom is -0.342 e. The molecule has 0 aliphatic carbocycles. The molecule has 0 radical (unpaired) electrons. The monoisotopic (exact) mass is 384 g/mol. The first-order valence-electron chi connectivity index (χ1n) is 10.7. The highest BCUT2D eigenvalue weighted by Gasteiger charge is 2.25. The van der Waals surface area contributed by atoms with Crippen LogP contribution in [0.4, 0.5) is 5.95 Å². The Labute approximate surface area is 166 Å². The van der Waals surface area contributed by atoms with E-state index in [1.807, 2.05) is 4.68 Å². The molecule has 4 rings (SSSR count). The lowest BCUT2D eigenvalue weighted by Gasteiger charge is -2.33. The van der Waals surface area contributed by atoms with Gasteiger partial charge in [0, 0.05) is 56.5 Å². The van der Waals surface area contributed by atoms with Gasteiger partial charge in [0.25, 0.3) is 5.56 Å². The van der Waals surface area contributed by atoms with Crippen molar-refractivity contribution in [2.24, 2.45) is 0 Å². The van der Waals surface area contributed by atoms with E-state index in [1.54, 1.807) is 6.07 Å². The normalized spacial score (nSPS) is 21.2.